The highest BCUT2D eigenvalue weighted by Crippen LogP contribution is 2.33. The zero-order chi connectivity index (χ0) is 22.6. The molecule has 2 atom stereocenters. The van der Waals surface area contributed by atoms with Crippen LogP contribution >= 0.6 is 11.3 Å². The molecule has 2 aromatic carbocycles. The van der Waals surface area contributed by atoms with Crippen LogP contribution in [-0.2, 0) is 10.0 Å². The molecule has 0 unspecified atom stereocenters. The number of hydrogen-bond acceptors (Lipinski definition) is 6. The minimum absolute atomic E-state index is 0.0340. The molecule has 1 saturated heterocycles. The molecule has 1 aliphatic heterocycles. The van der Waals surface area contributed by atoms with Gasteiger partial charge in [0.15, 0.2) is 0 Å². The predicted molar refractivity (Wildman–Crippen MR) is 130 cm³/mol. The summed E-state index contributed by atoms with van der Waals surface area (Å²) >= 11 is 1.67. The molecule has 6 nitrogen and oxygen atoms in total. The summed E-state index contributed by atoms with van der Waals surface area (Å²) in [5.41, 5.74) is 1.10. The Morgan fingerprint density at radius 1 is 0.938 bits per heavy atom. The summed E-state index contributed by atoms with van der Waals surface area (Å²) < 4.78 is 34.4. The van der Waals surface area contributed by atoms with Crippen LogP contribution in [0.25, 0.3) is 0 Å². The van der Waals surface area contributed by atoms with E-state index in [-0.39, 0.29) is 17.0 Å². The predicted octanol–water partition coefficient (Wildman–Crippen LogP) is 3.99. The van der Waals surface area contributed by atoms with E-state index in [1.165, 1.54) is 4.88 Å². The number of para-hydroxylation sites is 2. The number of thiophene rings is 1. The summed E-state index contributed by atoms with van der Waals surface area (Å²) in [6, 6.07) is 20.4. The summed E-state index contributed by atoms with van der Waals surface area (Å²) in [6.45, 7) is 5.31. The average molecular weight is 472 g/mol. The van der Waals surface area contributed by atoms with Crippen molar-refractivity contribution in [3.63, 3.8) is 0 Å². The van der Waals surface area contributed by atoms with E-state index in [1.807, 2.05) is 42.6 Å². The van der Waals surface area contributed by atoms with Crippen molar-refractivity contribution in [2.75, 3.05) is 38.2 Å². The molecule has 1 N–H and O–H groups in total. The van der Waals surface area contributed by atoms with Gasteiger partial charge >= 0.3 is 0 Å². The average Bonchev–Trinajstić information content (AvgIpc) is 3.34. The standard InChI is InChI=1S/C24H29N3O3S2/c1-19(25-32(28,29)20-9-4-3-5-10-20)24(23-13-8-18-31-23)27-16-14-26(15-17-27)21-11-6-7-12-22(21)30-2/h3-13,18-19,24-25H,14-17H2,1-2H3/t19-,24-/m1/s1. The van der Waals surface area contributed by atoms with Crippen molar-refractivity contribution in [2.45, 2.75) is 23.9 Å². The highest BCUT2D eigenvalue weighted by Gasteiger charge is 2.32. The van der Waals surface area contributed by atoms with Gasteiger partial charge in [-0.15, -0.1) is 11.3 Å². The number of piperazine rings is 1. The van der Waals surface area contributed by atoms with Gasteiger partial charge in [0.1, 0.15) is 5.75 Å². The van der Waals surface area contributed by atoms with Gasteiger partial charge in [-0.05, 0) is 42.6 Å². The van der Waals surface area contributed by atoms with Crippen molar-refractivity contribution in [3.05, 3.63) is 77.0 Å². The molecular formula is C24H29N3O3S2. The van der Waals surface area contributed by atoms with E-state index >= 15 is 0 Å². The maximum absolute atomic E-state index is 13.0. The molecule has 0 radical (unpaired) electrons. The number of anilines is 1. The van der Waals surface area contributed by atoms with Gasteiger partial charge in [0, 0.05) is 37.1 Å². The summed E-state index contributed by atoms with van der Waals surface area (Å²) in [4.78, 5) is 6.17. The van der Waals surface area contributed by atoms with Gasteiger partial charge in [-0.25, -0.2) is 13.1 Å². The van der Waals surface area contributed by atoms with Gasteiger partial charge in [-0.3, -0.25) is 4.90 Å². The molecule has 32 heavy (non-hydrogen) atoms. The van der Waals surface area contributed by atoms with Crippen LogP contribution < -0.4 is 14.4 Å². The third kappa shape index (κ3) is 4.99. The van der Waals surface area contributed by atoms with Crippen LogP contribution in [0.1, 0.15) is 17.8 Å². The Hall–Kier alpha value is -2.39. The summed E-state index contributed by atoms with van der Waals surface area (Å²) in [6.07, 6.45) is 0. The smallest absolute Gasteiger partial charge is 0.240 e. The Balaban J connectivity index is 1.51. The number of hydrogen-bond donors (Lipinski definition) is 1. The van der Waals surface area contributed by atoms with Gasteiger partial charge in [0.2, 0.25) is 10.0 Å². The van der Waals surface area contributed by atoms with Gasteiger partial charge in [-0.1, -0.05) is 36.4 Å². The minimum atomic E-state index is -3.60. The first-order chi connectivity index (χ1) is 15.5. The SMILES string of the molecule is COc1ccccc1N1CCN([C@@H](c2cccs2)[C@@H](C)NS(=O)(=O)c2ccccc2)CC1. The first kappa shape index (κ1) is 22.8. The first-order valence-electron chi connectivity index (χ1n) is 10.7. The number of sulfonamides is 1. The molecule has 1 aromatic heterocycles. The van der Waals surface area contributed by atoms with Crippen molar-refractivity contribution in [3.8, 4) is 5.75 Å². The molecule has 4 rings (SSSR count). The van der Waals surface area contributed by atoms with E-state index in [9.17, 15) is 8.42 Å². The number of ether oxygens (including phenoxy) is 1. The number of nitrogens with one attached hydrogen (secondary N) is 1. The molecule has 0 saturated carbocycles. The van der Waals surface area contributed by atoms with Crippen LogP contribution in [-0.4, -0.2) is 52.6 Å². The normalized spacial score (nSPS) is 17.1. The molecule has 1 aliphatic rings. The second-order valence-corrected chi connectivity index (χ2v) is 10.6. The molecule has 2 heterocycles. The van der Waals surface area contributed by atoms with Crippen LogP contribution in [0.15, 0.2) is 77.0 Å². The third-order valence-corrected chi connectivity index (χ3v) is 8.35. The van der Waals surface area contributed by atoms with Gasteiger partial charge in [-0.2, -0.15) is 0 Å². The maximum Gasteiger partial charge on any atom is 0.240 e. The number of rotatable bonds is 8. The highest BCUT2D eigenvalue weighted by atomic mass is 32.2. The van der Waals surface area contributed by atoms with E-state index in [1.54, 1.807) is 42.7 Å². The van der Waals surface area contributed by atoms with Gasteiger partial charge in [0.25, 0.3) is 0 Å². The van der Waals surface area contributed by atoms with Crippen molar-refractivity contribution in [1.82, 2.24) is 9.62 Å². The van der Waals surface area contributed by atoms with E-state index in [4.69, 9.17) is 4.74 Å². The molecule has 170 valence electrons. The van der Waals surface area contributed by atoms with Crippen molar-refractivity contribution in [2.24, 2.45) is 0 Å². The lowest BCUT2D eigenvalue weighted by molar-refractivity contribution is 0.163. The van der Waals surface area contributed by atoms with E-state index in [2.05, 4.69) is 26.7 Å². The fourth-order valence-corrected chi connectivity index (χ4v) is 6.54. The molecule has 3 aromatic rings. The van der Waals surface area contributed by atoms with Crippen LogP contribution in [0.4, 0.5) is 5.69 Å². The van der Waals surface area contributed by atoms with Crippen molar-refractivity contribution < 1.29 is 13.2 Å². The summed E-state index contributed by atoms with van der Waals surface area (Å²) in [5, 5.41) is 2.05. The van der Waals surface area contributed by atoms with Crippen molar-refractivity contribution >= 4 is 27.0 Å². The summed E-state index contributed by atoms with van der Waals surface area (Å²) in [7, 11) is -1.90. The lowest BCUT2D eigenvalue weighted by Crippen LogP contribution is -2.52. The first-order valence-corrected chi connectivity index (χ1v) is 13.1. The fraction of sp³-hybridized carbons (Fsp3) is 0.333. The lowest BCUT2D eigenvalue weighted by atomic mass is 10.1. The Kier molecular flexibility index (Phi) is 7.15. The second kappa shape index (κ2) is 10.0. The zero-order valence-corrected chi connectivity index (χ0v) is 20.0. The highest BCUT2D eigenvalue weighted by molar-refractivity contribution is 7.89. The molecule has 0 spiro atoms. The minimum Gasteiger partial charge on any atom is -0.495 e. The number of benzene rings is 2. The van der Waals surface area contributed by atoms with Crippen LogP contribution in [0.5, 0.6) is 5.75 Å². The Morgan fingerprint density at radius 2 is 1.62 bits per heavy atom. The Morgan fingerprint density at radius 3 is 2.28 bits per heavy atom. The van der Waals surface area contributed by atoms with Crippen LogP contribution in [0.3, 0.4) is 0 Å². The molecule has 8 heteroatoms. The number of methoxy groups -OCH3 is 1. The maximum atomic E-state index is 13.0. The molecule has 1 fully saturated rings. The third-order valence-electron chi connectivity index (χ3n) is 5.84. The second-order valence-electron chi connectivity index (χ2n) is 7.88. The molecule has 0 amide bonds. The lowest BCUT2D eigenvalue weighted by Gasteiger charge is -2.42. The Labute approximate surface area is 194 Å². The van der Waals surface area contributed by atoms with Gasteiger partial charge in [0.05, 0.1) is 23.7 Å². The zero-order valence-electron chi connectivity index (χ0n) is 18.3. The van der Waals surface area contributed by atoms with Gasteiger partial charge < -0.3 is 9.64 Å². The quantitative estimate of drug-likeness (QED) is 0.538. The fourth-order valence-electron chi connectivity index (χ4n) is 4.31. The number of nitrogens with zero attached hydrogens (tertiary/aromatic N) is 2. The van der Waals surface area contributed by atoms with Crippen molar-refractivity contribution in [1.29, 1.82) is 0 Å². The van der Waals surface area contributed by atoms with E-state index < -0.39 is 10.0 Å². The molecular weight excluding hydrogens is 442 g/mol. The largest absolute Gasteiger partial charge is 0.495 e. The molecule has 0 aliphatic carbocycles. The monoisotopic (exact) mass is 471 g/mol. The summed E-state index contributed by atoms with van der Waals surface area (Å²) in [5.74, 6) is 0.875. The van der Waals surface area contributed by atoms with Crippen LogP contribution in [0.2, 0.25) is 0 Å². The van der Waals surface area contributed by atoms with E-state index in [0.29, 0.717) is 0 Å². The molecule has 0 bridgehead atoms. The van der Waals surface area contributed by atoms with Crippen LogP contribution in [0, 0.1) is 0 Å². The topological polar surface area (TPSA) is 61.9 Å². The van der Waals surface area contributed by atoms with E-state index in [0.717, 1.165) is 37.6 Å². The Bertz CT molecular complexity index is 1100.